The molecule has 2 aromatic heterocycles. The van der Waals surface area contributed by atoms with Gasteiger partial charge in [0.15, 0.2) is 11.6 Å². The molecular weight excluding hydrogens is 559 g/mol. The number of anilines is 4. The number of carbonyl (C=O) groups is 2. The molecule has 1 atom stereocenters. The van der Waals surface area contributed by atoms with E-state index in [0.717, 1.165) is 30.9 Å². The second kappa shape index (κ2) is 13.8. The van der Waals surface area contributed by atoms with Gasteiger partial charge in [-0.15, -0.1) is 0 Å². The normalized spacial score (nSPS) is 17.7. The standard InChI is InChI=1S/C26H36F3N9O4/c1-18(42-24(40)26(27,28)29)23(39)37-8-4-6-19(16-37)32-22-21(36-10-12-41-13-11-36)15-30-25(34-22)33-20-14-31-38(17-20)9-5-7-35(2)3/h14-15,17,19H,1,4-13,16H2,2-3H3,(H2,30,32,33,34)/t19-/m0/s1. The highest BCUT2D eigenvalue weighted by Gasteiger charge is 2.42. The van der Waals surface area contributed by atoms with Crippen molar-refractivity contribution < 1.29 is 32.2 Å². The summed E-state index contributed by atoms with van der Waals surface area (Å²) in [4.78, 5) is 38.6. The number of nitrogens with zero attached hydrogens (tertiary/aromatic N) is 7. The number of morpholine rings is 1. The molecule has 2 aromatic rings. The summed E-state index contributed by atoms with van der Waals surface area (Å²) in [6, 6.07) is -0.282. The molecule has 4 rings (SSSR count). The number of esters is 1. The van der Waals surface area contributed by atoms with E-state index in [2.05, 4.69) is 41.8 Å². The molecule has 0 bridgehead atoms. The van der Waals surface area contributed by atoms with Crippen LogP contribution in [-0.4, -0.2) is 114 Å². The van der Waals surface area contributed by atoms with Crippen LogP contribution in [0.3, 0.4) is 0 Å². The molecular formula is C26H36F3N9O4. The summed E-state index contributed by atoms with van der Waals surface area (Å²) in [5.74, 6) is -3.35. The zero-order chi connectivity index (χ0) is 30.3. The summed E-state index contributed by atoms with van der Waals surface area (Å²) in [5, 5.41) is 11.0. The number of alkyl halides is 3. The third-order valence-corrected chi connectivity index (χ3v) is 6.74. The van der Waals surface area contributed by atoms with Gasteiger partial charge in [0.1, 0.15) is 0 Å². The molecule has 13 nitrogen and oxygen atoms in total. The van der Waals surface area contributed by atoms with Crippen molar-refractivity contribution in [3.63, 3.8) is 0 Å². The Morgan fingerprint density at radius 3 is 2.69 bits per heavy atom. The average Bonchev–Trinajstić information content (AvgIpc) is 3.39. The van der Waals surface area contributed by atoms with Crippen LogP contribution in [0.4, 0.5) is 36.3 Å². The van der Waals surface area contributed by atoms with Crippen molar-refractivity contribution >= 4 is 35.0 Å². The summed E-state index contributed by atoms with van der Waals surface area (Å²) >= 11 is 0. The number of halogens is 3. The van der Waals surface area contributed by atoms with Crippen LogP contribution in [0.15, 0.2) is 30.9 Å². The molecule has 16 heteroatoms. The van der Waals surface area contributed by atoms with Gasteiger partial charge in [-0.1, -0.05) is 6.58 Å². The number of rotatable bonds is 11. The van der Waals surface area contributed by atoms with Gasteiger partial charge >= 0.3 is 12.1 Å². The lowest BCUT2D eigenvalue weighted by molar-refractivity contribution is -0.196. The fourth-order valence-electron chi connectivity index (χ4n) is 4.67. The summed E-state index contributed by atoms with van der Waals surface area (Å²) in [6.07, 6.45) is 2.26. The molecule has 2 fully saturated rings. The second-order valence-corrected chi connectivity index (χ2v) is 10.3. The number of hydrogen-bond acceptors (Lipinski definition) is 11. The van der Waals surface area contributed by atoms with Crippen LogP contribution in [-0.2, 0) is 25.6 Å². The van der Waals surface area contributed by atoms with Crippen LogP contribution in [0.2, 0.25) is 0 Å². The van der Waals surface area contributed by atoms with Crippen LogP contribution >= 0.6 is 0 Å². The third kappa shape index (κ3) is 8.55. The van der Waals surface area contributed by atoms with E-state index in [-0.39, 0.29) is 19.1 Å². The Morgan fingerprint density at radius 1 is 1.21 bits per heavy atom. The molecule has 2 saturated heterocycles. The first-order valence-electron chi connectivity index (χ1n) is 13.7. The van der Waals surface area contributed by atoms with Crippen LogP contribution in [0.5, 0.6) is 0 Å². The predicted octanol–water partition coefficient (Wildman–Crippen LogP) is 2.23. The smallest absolute Gasteiger partial charge is 0.415 e. The maximum atomic E-state index is 12.7. The lowest BCUT2D eigenvalue weighted by Gasteiger charge is -2.35. The number of aromatic nitrogens is 4. The number of amides is 1. The number of likely N-dealkylation sites (tertiary alicyclic amines) is 1. The molecule has 0 saturated carbocycles. The van der Waals surface area contributed by atoms with Crippen LogP contribution in [0.1, 0.15) is 19.3 Å². The van der Waals surface area contributed by atoms with Gasteiger partial charge in [0.2, 0.25) is 5.95 Å². The quantitative estimate of drug-likeness (QED) is 0.225. The van der Waals surface area contributed by atoms with Gasteiger partial charge < -0.3 is 34.8 Å². The van der Waals surface area contributed by atoms with Crippen molar-refractivity contribution in [3.8, 4) is 0 Å². The van der Waals surface area contributed by atoms with Gasteiger partial charge in [-0.25, -0.2) is 9.78 Å². The highest BCUT2D eigenvalue weighted by molar-refractivity contribution is 5.94. The number of piperidine rings is 1. The predicted molar refractivity (Wildman–Crippen MR) is 148 cm³/mol. The molecule has 0 spiro atoms. The van der Waals surface area contributed by atoms with Gasteiger partial charge in [0.05, 0.1) is 37.0 Å². The zero-order valence-electron chi connectivity index (χ0n) is 23.7. The fraction of sp³-hybridized carbons (Fsp3) is 0.577. The Hall–Kier alpha value is -3.92. The van der Waals surface area contributed by atoms with E-state index in [0.29, 0.717) is 50.9 Å². The van der Waals surface area contributed by atoms with Crippen molar-refractivity contribution in [2.24, 2.45) is 0 Å². The average molecular weight is 596 g/mol. The number of carbonyl (C=O) groups excluding carboxylic acids is 2. The molecule has 0 unspecified atom stereocenters. The maximum Gasteiger partial charge on any atom is 0.491 e. The van der Waals surface area contributed by atoms with E-state index in [1.165, 1.54) is 4.90 Å². The Bertz CT molecular complexity index is 1250. The van der Waals surface area contributed by atoms with Crippen LogP contribution in [0, 0.1) is 0 Å². The highest BCUT2D eigenvalue weighted by Crippen LogP contribution is 2.28. The molecule has 0 aromatic carbocycles. The number of nitrogens with one attached hydrogen (secondary N) is 2. The molecule has 2 N–H and O–H groups in total. The minimum Gasteiger partial charge on any atom is -0.415 e. The van der Waals surface area contributed by atoms with E-state index in [1.807, 2.05) is 25.0 Å². The Balaban J connectivity index is 1.45. The van der Waals surface area contributed by atoms with E-state index < -0.39 is 23.8 Å². The molecule has 4 heterocycles. The van der Waals surface area contributed by atoms with Crippen molar-refractivity contribution in [1.29, 1.82) is 0 Å². The largest absolute Gasteiger partial charge is 0.491 e. The fourth-order valence-corrected chi connectivity index (χ4v) is 4.67. The Labute approximate surface area is 241 Å². The van der Waals surface area contributed by atoms with Gasteiger partial charge in [-0.3, -0.25) is 9.48 Å². The SMILES string of the molecule is C=C(OC(=O)C(F)(F)F)C(=O)N1CCC[C@H](Nc2nc(Nc3cnn(CCCN(C)C)c3)ncc2N2CCOCC2)C1. The topological polar surface area (TPSA) is 130 Å². The van der Waals surface area contributed by atoms with Gasteiger partial charge in [-0.2, -0.15) is 23.3 Å². The molecule has 2 aliphatic rings. The first-order chi connectivity index (χ1) is 20.0. The van der Waals surface area contributed by atoms with Gasteiger partial charge in [-0.05, 0) is 39.9 Å². The zero-order valence-corrected chi connectivity index (χ0v) is 23.7. The highest BCUT2D eigenvalue weighted by atomic mass is 19.4. The summed E-state index contributed by atoms with van der Waals surface area (Å²) in [6.45, 7) is 7.77. The molecule has 0 aliphatic carbocycles. The Kier molecular flexibility index (Phi) is 10.2. The van der Waals surface area contributed by atoms with Gasteiger partial charge in [0.25, 0.3) is 5.91 Å². The van der Waals surface area contributed by atoms with Crippen molar-refractivity contribution in [1.82, 2.24) is 29.5 Å². The van der Waals surface area contributed by atoms with E-state index in [4.69, 9.17) is 9.72 Å². The van der Waals surface area contributed by atoms with Crippen molar-refractivity contribution in [2.45, 2.75) is 38.0 Å². The van der Waals surface area contributed by atoms with E-state index in [1.54, 1.807) is 12.4 Å². The monoisotopic (exact) mass is 595 g/mol. The maximum absolute atomic E-state index is 12.7. The van der Waals surface area contributed by atoms with Crippen LogP contribution in [0.25, 0.3) is 0 Å². The van der Waals surface area contributed by atoms with Crippen LogP contribution < -0.4 is 15.5 Å². The lowest BCUT2D eigenvalue weighted by Crippen LogP contribution is -2.46. The van der Waals surface area contributed by atoms with Crippen molar-refractivity contribution in [3.05, 3.63) is 30.9 Å². The Morgan fingerprint density at radius 2 is 1.98 bits per heavy atom. The minimum absolute atomic E-state index is 0.149. The van der Waals surface area contributed by atoms with E-state index in [9.17, 15) is 22.8 Å². The molecule has 42 heavy (non-hydrogen) atoms. The number of aryl methyl sites for hydroxylation is 1. The lowest BCUT2D eigenvalue weighted by atomic mass is 10.1. The molecule has 0 radical (unpaired) electrons. The van der Waals surface area contributed by atoms with Gasteiger partial charge in [0, 0.05) is 45.0 Å². The minimum atomic E-state index is -5.23. The summed E-state index contributed by atoms with van der Waals surface area (Å²) < 4.78 is 49.2. The molecule has 230 valence electrons. The summed E-state index contributed by atoms with van der Waals surface area (Å²) in [7, 11) is 4.04. The third-order valence-electron chi connectivity index (χ3n) is 6.74. The second-order valence-electron chi connectivity index (χ2n) is 10.3. The number of hydrogen-bond donors (Lipinski definition) is 2. The van der Waals surface area contributed by atoms with E-state index >= 15 is 0 Å². The first kappa shape index (κ1) is 31.0. The number of ether oxygens (including phenoxy) is 2. The van der Waals surface area contributed by atoms with Crippen molar-refractivity contribution in [2.75, 3.05) is 75.6 Å². The first-order valence-corrected chi connectivity index (χ1v) is 13.7. The summed E-state index contributed by atoms with van der Waals surface area (Å²) in [5.41, 5.74) is 1.49. The molecule has 2 aliphatic heterocycles. The molecule has 1 amide bonds.